The van der Waals surface area contributed by atoms with Crippen molar-refractivity contribution in [2.75, 3.05) is 13.1 Å². The van der Waals surface area contributed by atoms with Gasteiger partial charge in [-0.05, 0) is 57.5 Å². The standard InChI is InChI=1S/C15H16FN3O2.C6H13N/c1-9(2)17-7-13-10(3)19(15(21)18-13)8-11-6-12(16)4-5-14(11)20;1-2-6-3-4-7-5-6/h4-7,20H,1,8H2,2-3H3,(H,18,21);6-7H,2-5H2,1H3/t;6-/m.1/s1. The SMILES string of the molecule is C=C(C)N=Cc1[nH]c(=O)n(Cc2cc(F)ccc2O)c1C.CC[C@@H]1CCNC1. The van der Waals surface area contributed by atoms with Gasteiger partial charge < -0.3 is 15.4 Å². The smallest absolute Gasteiger partial charge is 0.326 e. The highest BCUT2D eigenvalue weighted by Gasteiger charge is 2.12. The predicted molar refractivity (Wildman–Crippen MR) is 111 cm³/mol. The van der Waals surface area contributed by atoms with Crippen LogP contribution in [0.2, 0.25) is 0 Å². The topological polar surface area (TPSA) is 82.4 Å². The lowest BCUT2D eigenvalue weighted by molar-refractivity contribution is 0.462. The number of aromatic amines is 1. The van der Waals surface area contributed by atoms with Gasteiger partial charge in [-0.1, -0.05) is 19.9 Å². The zero-order valence-corrected chi connectivity index (χ0v) is 16.8. The first kappa shape index (κ1) is 21.6. The van der Waals surface area contributed by atoms with E-state index >= 15 is 0 Å². The zero-order valence-electron chi connectivity index (χ0n) is 16.8. The number of H-pyrrole nitrogens is 1. The second-order valence-corrected chi connectivity index (χ2v) is 7.05. The maximum Gasteiger partial charge on any atom is 0.326 e. The number of phenols is 1. The normalized spacial score (nSPS) is 16.2. The van der Waals surface area contributed by atoms with Crippen molar-refractivity contribution in [3.63, 3.8) is 0 Å². The van der Waals surface area contributed by atoms with Gasteiger partial charge in [-0.25, -0.2) is 9.18 Å². The van der Waals surface area contributed by atoms with Crippen LogP contribution >= 0.6 is 0 Å². The Hall–Kier alpha value is -2.67. The third kappa shape index (κ3) is 5.92. The number of aromatic hydroxyl groups is 1. The third-order valence-corrected chi connectivity index (χ3v) is 4.81. The molecule has 7 heteroatoms. The van der Waals surface area contributed by atoms with Crippen LogP contribution in [0.1, 0.15) is 43.6 Å². The number of halogens is 1. The summed E-state index contributed by atoms with van der Waals surface area (Å²) in [5.74, 6) is 0.467. The largest absolute Gasteiger partial charge is 0.508 e. The van der Waals surface area contributed by atoms with Gasteiger partial charge in [-0.3, -0.25) is 9.56 Å². The van der Waals surface area contributed by atoms with Crippen molar-refractivity contribution in [2.24, 2.45) is 10.9 Å². The van der Waals surface area contributed by atoms with Crippen LogP contribution in [0, 0.1) is 18.7 Å². The summed E-state index contributed by atoms with van der Waals surface area (Å²) >= 11 is 0. The number of aliphatic imine (C=N–C) groups is 1. The zero-order chi connectivity index (χ0) is 20.7. The summed E-state index contributed by atoms with van der Waals surface area (Å²) in [7, 11) is 0. The molecule has 1 atom stereocenters. The molecule has 1 saturated heterocycles. The molecule has 1 aliphatic rings. The third-order valence-electron chi connectivity index (χ3n) is 4.81. The number of rotatable bonds is 5. The predicted octanol–water partition coefficient (Wildman–Crippen LogP) is 3.34. The molecule has 28 heavy (non-hydrogen) atoms. The van der Waals surface area contributed by atoms with E-state index in [1.165, 1.54) is 48.8 Å². The van der Waals surface area contributed by atoms with Crippen molar-refractivity contribution in [3.05, 3.63) is 63.7 Å². The summed E-state index contributed by atoms with van der Waals surface area (Å²) in [5, 5.41) is 13.1. The minimum atomic E-state index is -0.465. The Morgan fingerprint density at radius 1 is 1.50 bits per heavy atom. The van der Waals surface area contributed by atoms with E-state index < -0.39 is 5.82 Å². The van der Waals surface area contributed by atoms with Gasteiger partial charge in [-0.15, -0.1) is 0 Å². The molecule has 0 saturated carbocycles. The number of hydrogen-bond donors (Lipinski definition) is 3. The van der Waals surface area contributed by atoms with Crippen LogP contribution in [0.25, 0.3) is 0 Å². The van der Waals surface area contributed by atoms with Gasteiger partial charge in [0.15, 0.2) is 0 Å². The Labute approximate surface area is 164 Å². The van der Waals surface area contributed by atoms with E-state index in [0.717, 1.165) is 12.0 Å². The lowest BCUT2D eigenvalue weighted by Gasteiger charge is -2.07. The maximum atomic E-state index is 13.2. The summed E-state index contributed by atoms with van der Waals surface area (Å²) in [4.78, 5) is 18.7. The van der Waals surface area contributed by atoms with Crippen molar-refractivity contribution in [1.82, 2.24) is 14.9 Å². The lowest BCUT2D eigenvalue weighted by Crippen LogP contribution is -2.18. The molecule has 2 heterocycles. The molecule has 2 aromatic rings. The van der Waals surface area contributed by atoms with Crippen LogP contribution in [0.15, 0.2) is 40.3 Å². The van der Waals surface area contributed by atoms with Crippen molar-refractivity contribution < 1.29 is 9.50 Å². The number of hydrogen-bond acceptors (Lipinski definition) is 4. The number of allylic oxidation sites excluding steroid dienone is 1. The molecule has 3 N–H and O–H groups in total. The molecular formula is C21H29FN4O2. The van der Waals surface area contributed by atoms with Gasteiger partial charge in [0.25, 0.3) is 0 Å². The Balaban J connectivity index is 0.000000336. The number of aromatic nitrogens is 2. The van der Waals surface area contributed by atoms with E-state index in [2.05, 4.69) is 28.8 Å². The maximum absolute atomic E-state index is 13.2. The second kappa shape index (κ2) is 10.0. The number of phenolic OH excluding ortho intramolecular Hbond substituents is 1. The number of nitrogens with zero attached hydrogens (tertiary/aromatic N) is 2. The molecule has 152 valence electrons. The van der Waals surface area contributed by atoms with Crippen LogP contribution in [-0.4, -0.2) is 34.0 Å². The molecular weight excluding hydrogens is 359 g/mol. The first-order chi connectivity index (χ1) is 13.3. The Morgan fingerprint density at radius 3 is 2.82 bits per heavy atom. The quantitative estimate of drug-likeness (QED) is 0.687. The Bertz CT molecular complexity index is 892. The van der Waals surface area contributed by atoms with Crippen molar-refractivity contribution in [3.8, 4) is 5.75 Å². The average molecular weight is 388 g/mol. The van der Waals surface area contributed by atoms with Crippen molar-refractivity contribution in [1.29, 1.82) is 0 Å². The van der Waals surface area contributed by atoms with Gasteiger partial charge in [-0.2, -0.15) is 0 Å². The number of nitrogens with one attached hydrogen (secondary N) is 2. The van der Waals surface area contributed by atoms with E-state index in [4.69, 9.17) is 0 Å². The highest BCUT2D eigenvalue weighted by atomic mass is 19.1. The molecule has 0 unspecified atom stereocenters. The van der Waals surface area contributed by atoms with Gasteiger partial charge in [0, 0.05) is 17.0 Å². The molecule has 0 amide bonds. The van der Waals surface area contributed by atoms with Crippen LogP contribution in [0.4, 0.5) is 4.39 Å². The number of benzene rings is 1. The monoisotopic (exact) mass is 388 g/mol. The molecule has 0 spiro atoms. The van der Waals surface area contributed by atoms with Gasteiger partial charge >= 0.3 is 5.69 Å². The molecule has 1 aromatic heterocycles. The minimum absolute atomic E-state index is 0.0546. The molecule has 1 aliphatic heterocycles. The van der Waals surface area contributed by atoms with Crippen molar-refractivity contribution in [2.45, 2.75) is 40.2 Å². The van der Waals surface area contributed by atoms with Crippen LogP contribution < -0.4 is 11.0 Å². The molecule has 3 rings (SSSR count). The summed E-state index contributed by atoms with van der Waals surface area (Å²) < 4.78 is 14.6. The van der Waals surface area contributed by atoms with E-state index in [9.17, 15) is 14.3 Å². The van der Waals surface area contributed by atoms with Gasteiger partial charge in [0.05, 0.1) is 18.5 Å². The summed E-state index contributed by atoms with van der Waals surface area (Å²) in [6.45, 7) is 12.0. The Morgan fingerprint density at radius 2 is 2.25 bits per heavy atom. The lowest BCUT2D eigenvalue weighted by atomic mass is 10.1. The average Bonchev–Trinajstić information content (AvgIpc) is 3.27. The van der Waals surface area contributed by atoms with Crippen molar-refractivity contribution >= 4 is 6.21 Å². The molecule has 0 bridgehead atoms. The highest BCUT2D eigenvalue weighted by Crippen LogP contribution is 2.19. The summed E-state index contributed by atoms with van der Waals surface area (Å²) in [5.41, 5.74) is 1.81. The fraction of sp³-hybridized carbons (Fsp3) is 0.429. The molecule has 0 aliphatic carbocycles. The minimum Gasteiger partial charge on any atom is -0.508 e. The molecule has 0 radical (unpaired) electrons. The van der Waals surface area contributed by atoms with E-state index in [-0.39, 0.29) is 18.0 Å². The first-order valence-electron chi connectivity index (χ1n) is 9.48. The second-order valence-electron chi connectivity index (χ2n) is 7.05. The van der Waals surface area contributed by atoms with Gasteiger partial charge in [0.1, 0.15) is 11.6 Å². The van der Waals surface area contributed by atoms with E-state index in [1.807, 2.05) is 0 Å². The van der Waals surface area contributed by atoms with E-state index in [0.29, 0.717) is 22.6 Å². The summed E-state index contributed by atoms with van der Waals surface area (Å²) in [6.07, 6.45) is 4.27. The van der Waals surface area contributed by atoms with Crippen LogP contribution in [-0.2, 0) is 6.54 Å². The fourth-order valence-electron chi connectivity index (χ4n) is 2.98. The Kier molecular flexibility index (Phi) is 7.75. The molecule has 1 aromatic carbocycles. The molecule has 6 nitrogen and oxygen atoms in total. The first-order valence-corrected chi connectivity index (χ1v) is 9.48. The highest BCUT2D eigenvalue weighted by molar-refractivity contribution is 5.79. The van der Waals surface area contributed by atoms with Crippen LogP contribution in [0.3, 0.4) is 0 Å². The summed E-state index contributed by atoms with van der Waals surface area (Å²) in [6, 6.07) is 3.63. The molecule has 1 fully saturated rings. The number of imidazole rings is 1. The fourth-order valence-corrected chi connectivity index (χ4v) is 2.98. The van der Waals surface area contributed by atoms with E-state index in [1.54, 1.807) is 13.8 Å². The van der Waals surface area contributed by atoms with Crippen LogP contribution in [0.5, 0.6) is 5.75 Å². The van der Waals surface area contributed by atoms with Gasteiger partial charge in [0.2, 0.25) is 0 Å².